The SMILES string of the molecule is CC1CCCCN1S(=O)(=O)c1cccc(C(=O)NCCc2cccc(C(N)=O)c2)c1. The second kappa shape index (κ2) is 9.40. The van der Waals surface area contributed by atoms with Crippen molar-refractivity contribution in [1.82, 2.24) is 9.62 Å². The van der Waals surface area contributed by atoms with Crippen LogP contribution in [0, 0.1) is 0 Å². The highest BCUT2D eigenvalue weighted by Crippen LogP contribution is 2.25. The summed E-state index contributed by atoms with van der Waals surface area (Å²) in [5.41, 5.74) is 6.88. The Morgan fingerprint density at radius 3 is 2.57 bits per heavy atom. The number of amides is 2. The molecule has 0 aliphatic carbocycles. The Bertz CT molecular complexity index is 1040. The molecule has 2 amide bonds. The van der Waals surface area contributed by atoms with Crippen molar-refractivity contribution < 1.29 is 18.0 Å². The molecule has 160 valence electrons. The van der Waals surface area contributed by atoms with Gasteiger partial charge in [0.1, 0.15) is 0 Å². The molecule has 0 spiro atoms. The van der Waals surface area contributed by atoms with Crippen molar-refractivity contribution in [2.75, 3.05) is 13.1 Å². The minimum atomic E-state index is -3.63. The van der Waals surface area contributed by atoms with Gasteiger partial charge in [-0.1, -0.05) is 24.6 Å². The summed E-state index contributed by atoms with van der Waals surface area (Å²) in [4.78, 5) is 23.9. The largest absolute Gasteiger partial charge is 0.366 e. The maximum Gasteiger partial charge on any atom is 0.251 e. The summed E-state index contributed by atoms with van der Waals surface area (Å²) < 4.78 is 27.6. The molecule has 3 rings (SSSR count). The van der Waals surface area contributed by atoms with Gasteiger partial charge in [0.25, 0.3) is 5.91 Å². The number of rotatable bonds is 7. The number of piperidine rings is 1. The average molecular weight is 430 g/mol. The van der Waals surface area contributed by atoms with Gasteiger partial charge >= 0.3 is 0 Å². The summed E-state index contributed by atoms with van der Waals surface area (Å²) in [6, 6.07) is 13.0. The van der Waals surface area contributed by atoms with Crippen LogP contribution < -0.4 is 11.1 Å². The predicted molar refractivity (Wildman–Crippen MR) is 115 cm³/mol. The Labute approximate surface area is 177 Å². The molecule has 0 aromatic heterocycles. The lowest BCUT2D eigenvalue weighted by Crippen LogP contribution is -2.42. The number of hydrogen-bond donors (Lipinski definition) is 2. The first-order valence-corrected chi connectivity index (χ1v) is 11.5. The molecule has 1 saturated heterocycles. The van der Waals surface area contributed by atoms with Gasteiger partial charge in [-0.25, -0.2) is 8.42 Å². The van der Waals surface area contributed by atoms with Crippen LogP contribution in [0.25, 0.3) is 0 Å². The topological polar surface area (TPSA) is 110 Å². The highest BCUT2D eigenvalue weighted by molar-refractivity contribution is 7.89. The van der Waals surface area contributed by atoms with Gasteiger partial charge in [0.15, 0.2) is 0 Å². The van der Waals surface area contributed by atoms with Crippen LogP contribution in [0.1, 0.15) is 52.5 Å². The molecular formula is C22H27N3O4S. The third-order valence-corrected chi connectivity index (χ3v) is 7.37. The number of sulfonamides is 1. The first kappa shape index (κ1) is 22.0. The lowest BCUT2D eigenvalue weighted by Gasteiger charge is -2.32. The fourth-order valence-electron chi connectivity index (χ4n) is 3.66. The Balaban J connectivity index is 1.66. The Kier molecular flexibility index (Phi) is 6.89. The molecule has 0 saturated carbocycles. The van der Waals surface area contributed by atoms with Crippen LogP contribution >= 0.6 is 0 Å². The summed E-state index contributed by atoms with van der Waals surface area (Å²) in [5, 5.41) is 2.80. The molecule has 1 fully saturated rings. The van der Waals surface area contributed by atoms with Gasteiger partial charge in [-0.05, 0) is 62.1 Å². The van der Waals surface area contributed by atoms with E-state index in [1.54, 1.807) is 30.3 Å². The first-order valence-electron chi connectivity index (χ1n) is 10.1. The second-order valence-corrected chi connectivity index (χ2v) is 9.45. The minimum absolute atomic E-state index is 0.0441. The van der Waals surface area contributed by atoms with E-state index >= 15 is 0 Å². The van der Waals surface area contributed by atoms with Crippen molar-refractivity contribution in [2.45, 2.75) is 43.5 Å². The zero-order valence-electron chi connectivity index (χ0n) is 17.0. The van der Waals surface area contributed by atoms with E-state index in [9.17, 15) is 18.0 Å². The zero-order valence-corrected chi connectivity index (χ0v) is 17.8. The van der Waals surface area contributed by atoms with Crippen molar-refractivity contribution >= 4 is 21.8 Å². The maximum atomic E-state index is 13.0. The van der Waals surface area contributed by atoms with E-state index in [0.717, 1.165) is 24.8 Å². The van der Waals surface area contributed by atoms with Gasteiger partial charge < -0.3 is 11.1 Å². The molecule has 1 aliphatic heterocycles. The lowest BCUT2D eigenvalue weighted by atomic mass is 10.1. The van der Waals surface area contributed by atoms with E-state index < -0.39 is 15.9 Å². The van der Waals surface area contributed by atoms with Crippen LogP contribution in [0.15, 0.2) is 53.4 Å². The molecule has 1 unspecified atom stereocenters. The summed E-state index contributed by atoms with van der Waals surface area (Å²) in [5.74, 6) is -0.841. The standard InChI is InChI=1S/C22H27N3O4S/c1-16-6-2-3-13-25(16)30(28,29)20-10-5-9-19(15-20)22(27)24-12-11-17-7-4-8-18(14-17)21(23)26/h4-5,7-10,14-16H,2-3,6,11-13H2,1H3,(H2,23,26)(H,24,27). The van der Waals surface area contributed by atoms with Crippen molar-refractivity contribution in [1.29, 1.82) is 0 Å². The third kappa shape index (κ3) is 5.06. The molecule has 2 aromatic rings. The number of benzene rings is 2. The molecule has 3 N–H and O–H groups in total. The fraction of sp³-hybridized carbons (Fsp3) is 0.364. The molecule has 7 nitrogen and oxygen atoms in total. The van der Waals surface area contributed by atoms with E-state index in [0.29, 0.717) is 30.6 Å². The van der Waals surface area contributed by atoms with Gasteiger partial charge in [0, 0.05) is 30.3 Å². The molecular weight excluding hydrogens is 402 g/mol. The van der Waals surface area contributed by atoms with E-state index in [-0.39, 0.29) is 16.8 Å². The summed E-state index contributed by atoms with van der Waals surface area (Å²) >= 11 is 0. The smallest absolute Gasteiger partial charge is 0.251 e. The average Bonchev–Trinajstić information content (AvgIpc) is 2.74. The lowest BCUT2D eigenvalue weighted by molar-refractivity contribution is 0.0952. The minimum Gasteiger partial charge on any atom is -0.366 e. The predicted octanol–water partition coefficient (Wildman–Crippen LogP) is 2.32. The van der Waals surface area contributed by atoms with E-state index in [1.165, 1.54) is 16.4 Å². The second-order valence-electron chi connectivity index (χ2n) is 7.56. The highest BCUT2D eigenvalue weighted by Gasteiger charge is 2.31. The van der Waals surface area contributed by atoms with Crippen molar-refractivity contribution in [3.63, 3.8) is 0 Å². The number of nitrogens with two attached hydrogens (primary N) is 1. The number of nitrogens with zero attached hydrogens (tertiary/aromatic N) is 1. The molecule has 1 heterocycles. The number of nitrogens with one attached hydrogen (secondary N) is 1. The molecule has 1 aliphatic rings. The maximum absolute atomic E-state index is 13.0. The number of primary amides is 1. The van der Waals surface area contributed by atoms with Crippen LogP contribution in [-0.2, 0) is 16.4 Å². The quantitative estimate of drug-likeness (QED) is 0.704. The van der Waals surface area contributed by atoms with Gasteiger partial charge in [0.2, 0.25) is 15.9 Å². The van der Waals surface area contributed by atoms with Gasteiger partial charge in [-0.3, -0.25) is 9.59 Å². The number of hydrogen-bond acceptors (Lipinski definition) is 4. The van der Waals surface area contributed by atoms with Crippen LogP contribution in [0.3, 0.4) is 0 Å². The zero-order chi connectivity index (χ0) is 21.7. The molecule has 30 heavy (non-hydrogen) atoms. The van der Waals surface area contributed by atoms with Crippen LogP contribution in [0.2, 0.25) is 0 Å². The number of carbonyl (C=O) groups excluding carboxylic acids is 2. The van der Waals surface area contributed by atoms with Gasteiger partial charge in [-0.15, -0.1) is 0 Å². The Morgan fingerprint density at radius 1 is 1.10 bits per heavy atom. The molecule has 0 bridgehead atoms. The fourth-order valence-corrected chi connectivity index (χ4v) is 5.41. The van der Waals surface area contributed by atoms with E-state index in [2.05, 4.69) is 5.32 Å². The van der Waals surface area contributed by atoms with Gasteiger partial charge in [-0.2, -0.15) is 4.31 Å². The van der Waals surface area contributed by atoms with Crippen LogP contribution in [0.5, 0.6) is 0 Å². The highest BCUT2D eigenvalue weighted by atomic mass is 32.2. The summed E-state index contributed by atoms with van der Waals surface area (Å²) in [6.07, 6.45) is 3.24. The van der Waals surface area contributed by atoms with Crippen molar-refractivity contribution in [2.24, 2.45) is 5.73 Å². The molecule has 8 heteroatoms. The van der Waals surface area contributed by atoms with Gasteiger partial charge in [0.05, 0.1) is 4.90 Å². The Hall–Kier alpha value is -2.71. The van der Waals surface area contributed by atoms with E-state index in [4.69, 9.17) is 5.73 Å². The molecule has 2 aromatic carbocycles. The van der Waals surface area contributed by atoms with Crippen LogP contribution in [-0.4, -0.2) is 43.7 Å². The monoisotopic (exact) mass is 429 g/mol. The van der Waals surface area contributed by atoms with Crippen LogP contribution in [0.4, 0.5) is 0 Å². The van der Waals surface area contributed by atoms with E-state index in [1.807, 2.05) is 13.0 Å². The third-order valence-electron chi connectivity index (χ3n) is 5.36. The Morgan fingerprint density at radius 2 is 1.83 bits per heavy atom. The van der Waals surface area contributed by atoms with Crippen molar-refractivity contribution in [3.05, 3.63) is 65.2 Å². The first-order chi connectivity index (χ1) is 14.3. The normalized spacial score (nSPS) is 17.4. The molecule has 0 radical (unpaired) electrons. The summed E-state index contributed by atoms with van der Waals surface area (Å²) in [6.45, 7) is 2.77. The molecule has 1 atom stereocenters. The summed E-state index contributed by atoms with van der Waals surface area (Å²) in [7, 11) is -3.63. The van der Waals surface area contributed by atoms with Crippen molar-refractivity contribution in [3.8, 4) is 0 Å². The number of carbonyl (C=O) groups is 2.